The zero-order valence-electron chi connectivity index (χ0n) is 11.4. The average molecular weight is 369 g/mol. The Bertz CT molecular complexity index is 690. The van der Waals surface area contributed by atoms with Crippen molar-refractivity contribution in [3.05, 3.63) is 64.6 Å². The van der Waals surface area contributed by atoms with Crippen molar-refractivity contribution < 1.29 is 8.42 Å². The molecule has 0 fully saturated rings. The van der Waals surface area contributed by atoms with E-state index < -0.39 is 10.0 Å². The highest BCUT2D eigenvalue weighted by Gasteiger charge is 2.14. The van der Waals surface area contributed by atoms with Gasteiger partial charge in [0.25, 0.3) is 0 Å². The highest BCUT2D eigenvalue weighted by molar-refractivity contribution is 9.10. The molecule has 0 amide bonds. The highest BCUT2D eigenvalue weighted by Crippen LogP contribution is 2.17. The Labute approximate surface area is 133 Å². The summed E-state index contributed by atoms with van der Waals surface area (Å²) in [6.45, 7) is 0.297. The summed E-state index contributed by atoms with van der Waals surface area (Å²) < 4.78 is 27.6. The summed E-state index contributed by atoms with van der Waals surface area (Å²) in [5, 5.41) is 0. The fourth-order valence-electron chi connectivity index (χ4n) is 1.93. The molecule has 0 aromatic heterocycles. The number of hydrogen-bond donors (Lipinski definition) is 2. The van der Waals surface area contributed by atoms with Gasteiger partial charge in [-0.25, -0.2) is 13.1 Å². The van der Waals surface area contributed by atoms with Gasteiger partial charge in [-0.3, -0.25) is 0 Å². The van der Waals surface area contributed by atoms with E-state index in [1.165, 1.54) is 0 Å². The van der Waals surface area contributed by atoms with E-state index in [0.717, 1.165) is 10.0 Å². The van der Waals surface area contributed by atoms with Crippen molar-refractivity contribution in [1.82, 2.24) is 4.72 Å². The maximum atomic E-state index is 12.1. The first-order valence-corrected chi connectivity index (χ1v) is 8.82. The SMILES string of the molecule is NC(CCNS(=O)(=O)c1cccc(Br)c1)c1ccccc1. The lowest BCUT2D eigenvalue weighted by Crippen LogP contribution is -2.27. The van der Waals surface area contributed by atoms with Gasteiger partial charge < -0.3 is 5.73 Å². The van der Waals surface area contributed by atoms with Crippen molar-refractivity contribution in [1.29, 1.82) is 0 Å². The summed E-state index contributed by atoms with van der Waals surface area (Å²) in [5.74, 6) is 0. The Morgan fingerprint density at radius 3 is 2.48 bits per heavy atom. The molecule has 0 saturated heterocycles. The van der Waals surface area contributed by atoms with Crippen LogP contribution < -0.4 is 10.5 Å². The first-order chi connectivity index (χ1) is 9.99. The molecule has 0 spiro atoms. The Hall–Kier alpha value is -1.21. The molecule has 6 heteroatoms. The molecule has 1 atom stereocenters. The summed E-state index contributed by atoms with van der Waals surface area (Å²) in [6.07, 6.45) is 0.539. The quantitative estimate of drug-likeness (QED) is 0.823. The van der Waals surface area contributed by atoms with Gasteiger partial charge in [-0.05, 0) is 30.2 Å². The van der Waals surface area contributed by atoms with Crippen molar-refractivity contribution in [2.45, 2.75) is 17.4 Å². The third-order valence-corrected chi connectivity index (χ3v) is 5.03. The number of halogens is 1. The van der Waals surface area contributed by atoms with Gasteiger partial charge >= 0.3 is 0 Å². The summed E-state index contributed by atoms with van der Waals surface area (Å²) in [5.41, 5.74) is 7.04. The normalized spacial score (nSPS) is 13.0. The van der Waals surface area contributed by atoms with Crippen molar-refractivity contribution in [2.75, 3.05) is 6.54 Å². The number of sulfonamides is 1. The minimum Gasteiger partial charge on any atom is -0.324 e. The smallest absolute Gasteiger partial charge is 0.240 e. The van der Waals surface area contributed by atoms with Crippen molar-refractivity contribution in [3.8, 4) is 0 Å². The second-order valence-electron chi connectivity index (χ2n) is 4.66. The van der Waals surface area contributed by atoms with Gasteiger partial charge in [0, 0.05) is 17.1 Å². The molecule has 2 aromatic carbocycles. The highest BCUT2D eigenvalue weighted by atomic mass is 79.9. The van der Waals surface area contributed by atoms with Crippen LogP contribution in [-0.2, 0) is 10.0 Å². The Balaban J connectivity index is 1.94. The lowest BCUT2D eigenvalue weighted by atomic mass is 10.1. The van der Waals surface area contributed by atoms with Gasteiger partial charge in [-0.2, -0.15) is 0 Å². The molecule has 21 heavy (non-hydrogen) atoms. The van der Waals surface area contributed by atoms with Gasteiger partial charge in [0.15, 0.2) is 0 Å². The number of hydrogen-bond acceptors (Lipinski definition) is 3. The molecular formula is C15H17BrN2O2S. The van der Waals surface area contributed by atoms with Crippen molar-refractivity contribution >= 4 is 26.0 Å². The van der Waals surface area contributed by atoms with Crippen LogP contribution in [0.25, 0.3) is 0 Å². The van der Waals surface area contributed by atoms with E-state index in [4.69, 9.17) is 5.73 Å². The molecule has 0 radical (unpaired) electrons. The van der Waals surface area contributed by atoms with E-state index in [0.29, 0.717) is 13.0 Å². The predicted molar refractivity (Wildman–Crippen MR) is 87.3 cm³/mol. The van der Waals surface area contributed by atoms with Crippen molar-refractivity contribution in [3.63, 3.8) is 0 Å². The van der Waals surface area contributed by atoms with Crippen LogP contribution >= 0.6 is 15.9 Å². The minimum atomic E-state index is -3.50. The lowest BCUT2D eigenvalue weighted by Gasteiger charge is -2.13. The van der Waals surface area contributed by atoms with E-state index in [1.807, 2.05) is 30.3 Å². The van der Waals surface area contributed by atoms with Crippen molar-refractivity contribution in [2.24, 2.45) is 5.73 Å². The zero-order valence-corrected chi connectivity index (χ0v) is 13.8. The third kappa shape index (κ3) is 4.64. The standard InChI is InChI=1S/C15H17BrN2O2S/c16-13-7-4-8-14(11-13)21(19,20)18-10-9-15(17)12-5-2-1-3-6-12/h1-8,11,15,18H,9-10,17H2. The Morgan fingerprint density at radius 1 is 1.10 bits per heavy atom. The summed E-state index contributed by atoms with van der Waals surface area (Å²) in [6, 6.07) is 16.0. The minimum absolute atomic E-state index is 0.184. The number of nitrogens with two attached hydrogens (primary N) is 1. The van der Waals surface area contributed by atoms with E-state index in [-0.39, 0.29) is 10.9 Å². The molecule has 0 aliphatic rings. The molecular weight excluding hydrogens is 352 g/mol. The molecule has 0 aliphatic carbocycles. The Morgan fingerprint density at radius 2 is 1.81 bits per heavy atom. The fourth-order valence-corrected chi connectivity index (χ4v) is 3.58. The average Bonchev–Trinajstić information content (AvgIpc) is 2.48. The van der Waals surface area contributed by atoms with Gasteiger partial charge in [0.05, 0.1) is 4.90 Å². The van der Waals surface area contributed by atoms with Crippen LogP contribution in [0.4, 0.5) is 0 Å². The van der Waals surface area contributed by atoms with Crippen LogP contribution in [0.2, 0.25) is 0 Å². The molecule has 1 unspecified atom stereocenters. The van der Waals surface area contributed by atoms with E-state index in [1.54, 1.807) is 24.3 Å². The molecule has 0 heterocycles. The van der Waals surface area contributed by atoms with Crippen LogP contribution in [0.3, 0.4) is 0 Å². The molecule has 0 saturated carbocycles. The molecule has 112 valence electrons. The number of nitrogens with one attached hydrogen (secondary N) is 1. The lowest BCUT2D eigenvalue weighted by molar-refractivity contribution is 0.569. The van der Waals surface area contributed by atoms with E-state index in [2.05, 4.69) is 20.7 Å². The molecule has 0 bridgehead atoms. The molecule has 3 N–H and O–H groups in total. The topological polar surface area (TPSA) is 72.2 Å². The molecule has 2 rings (SSSR count). The third-order valence-electron chi connectivity index (χ3n) is 3.08. The summed E-state index contributed by atoms with van der Waals surface area (Å²) >= 11 is 3.26. The number of rotatable bonds is 6. The van der Waals surface area contributed by atoms with Crippen LogP contribution in [0.5, 0.6) is 0 Å². The van der Waals surface area contributed by atoms with Gasteiger partial charge in [0.2, 0.25) is 10.0 Å². The fraction of sp³-hybridized carbons (Fsp3) is 0.200. The van der Waals surface area contributed by atoms with E-state index in [9.17, 15) is 8.42 Å². The summed E-state index contributed by atoms with van der Waals surface area (Å²) in [4.78, 5) is 0.241. The Kier molecular flexibility index (Phi) is 5.52. The van der Waals surface area contributed by atoms with Crippen LogP contribution in [-0.4, -0.2) is 15.0 Å². The van der Waals surface area contributed by atoms with Crippen LogP contribution in [0, 0.1) is 0 Å². The maximum absolute atomic E-state index is 12.1. The van der Waals surface area contributed by atoms with Gasteiger partial charge in [-0.15, -0.1) is 0 Å². The first-order valence-electron chi connectivity index (χ1n) is 6.55. The molecule has 4 nitrogen and oxygen atoms in total. The monoisotopic (exact) mass is 368 g/mol. The summed E-state index contributed by atoms with van der Waals surface area (Å²) in [7, 11) is -3.50. The second kappa shape index (κ2) is 7.17. The van der Waals surface area contributed by atoms with Gasteiger partial charge in [0.1, 0.15) is 0 Å². The van der Waals surface area contributed by atoms with Gasteiger partial charge in [-0.1, -0.05) is 52.3 Å². The maximum Gasteiger partial charge on any atom is 0.240 e. The second-order valence-corrected chi connectivity index (χ2v) is 7.34. The number of benzene rings is 2. The predicted octanol–water partition coefficient (Wildman–Crippen LogP) is 2.82. The van der Waals surface area contributed by atoms with Crippen LogP contribution in [0.15, 0.2) is 64.0 Å². The first kappa shape index (κ1) is 16.2. The largest absolute Gasteiger partial charge is 0.324 e. The van der Waals surface area contributed by atoms with E-state index >= 15 is 0 Å². The van der Waals surface area contributed by atoms with Crippen LogP contribution in [0.1, 0.15) is 18.0 Å². The molecule has 2 aromatic rings. The molecule has 0 aliphatic heterocycles. The zero-order chi connectivity index (χ0) is 15.3.